The first kappa shape index (κ1) is 12.0. The van der Waals surface area contributed by atoms with Gasteiger partial charge in [0.05, 0.1) is 12.1 Å². The highest BCUT2D eigenvalue weighted by atomic mass is 19.1. The van der Waals surface area contributed by atoms with Crippen molar-refractivity contribution in [2.45, 2.75) is 0 Å². The second-order valence-electron chi connectivity index (χ2n) is 3.04. The molecule has 0 fully saturated rings. The highest BCUT2D eigenvalue weighted by Crippen LogP contribution is 2.05. The van der Waals surface area contributed by atoms with Crippen LogP contribution in [0, 0.1) is 5.82 Å². The molecule has 0 aliphatic carbocycles. The number of rotatable bonds is 4. The van der Waals surface area contributed by atoms with Crippen LogP contribution in [0.15, 0.2) is 29.3 Å². The van der Waals surface area contributed by atoms with E-state index in [-0.39, 0.29) is 24.6 Å². The van der Waals surface area contributed by atoms with Crippen molar-refractivity contribution >= 4 is 11.9 Å². The molecule has 0 aliphatic heterocycles. The molecule has 0 atom stereocenters. The van der Waals surface area contributed by atoms with Crippen LogP contribution in [0.5, 0.6) is 0 Å². The lowest BCUT2D eigenvalue weighted by molar-refractivity contribution is 0.0951. The number of carbonyl (C=O) groups is 1. The van der Waals surface area contributed by atoms with E-state index in [9.17, 15) is 9.18 Å². The van der Waals surface area contributed by atoms with Gasteiger partial charge in [0.25, 0.3) is 5.91 Å². The Morgan fingerprint density at radius 1 is 1.38 bits per heavy atom. The molecule has 0 spiro atoms. The molecule has 1 rings (SSSR count). The third kappa shape index (κ3) is 3.56. The molecule has 0 heterocycles. The molecule has 6 heteroatoms. The first-order chi connectivity index (χ1) is 7.61. The number of aliphatic imine (C=N–C) groups is 1. The van der Waals surface area contributed by atoms with Crippen molar-refractivity contribution in [2.75, 3.05) is 13.1 Å². The first-order valence-corrected chi connectivity index (χ1v) is 4.69. The fourth-order valence-electron chi connectivity index (χ4n) is 1.10. The smallest absolute Gasteiger partial charge is 0.254 e. The maximum atomic E-state index is 13.1. The van der Waals surface area contributed by atoms with E-state index in [2.05, 4.69) is 10.3 Å². The van der Waals surface area contributed by atoms with Crippen LogP contribution in [-0.4, -0.2) is 25.0 Å². The number of guanidine groups is 1. The molecule has 0 radical (unpaired) electrons. The van der Waals surface area contributed by atoms with Crippen LogP contribution in [0.25, 0.3) is 0 Å². The minimum absolute atomic E-state index is 0.00667. The van der Waals surface area contributed by atoms with Crippen molar-refractivity contribution in [3.05, 3.63) is 35.6 Å². The summed E-state index contributed by atoms with van der Waals surface area (Å²) in [6.45, 7) is 0.521. The van der Waals surface area contributed by atoms with Gasteiger partial charge in [-0.15, -0.1) is 0 Å². The van der Waals surface area contributed by atoms with E-state index in [1.807, 2.05) is 0 Å². The molecule has 1 aromatic rings. The zero-order chi connectivity index (χ0) is 12.0. The summed E-state index contributed by atoms with van der Waals surface area (Å²) < 4.78 is 13.1. The Hall–Kier alpha value is -2.11. The molecule has 0 bridgehead atoms. The van der Waals surface area contributed by atoms with Crippen LogP contribution in [0.1, 0.15) is 10.4 Å². The van der Waals surface area contributed by atoms with Crippen molar-refractivity contribution < 1.29 is 9.18 Å². The average molecular weight is 224 g/mol. The molecule has 0 aliphatic rings. The zero-order valence-electron chi connectivity index (χ0n) is 8.61. The lowest BCUT2D eigenvalue weighted by Crippen LogP contribution is -2.29. The molecule has 86 valence electrons. The van der Waals surface area contributed by atoms with E-state index in [0.717, 1.165) is 0 Å². The third-order valence-electron chi connectivity index (χ3n) is 1.81. The second-order valence-corrected chi connectivity index (χ2v) is 3.04. The number of benzene rings is 1. The highest BCUT2D eigenvalue weighted by Gasteiger charge is 2.09. The summed E-state index contributed by atoms with van der Waals surface area (Å²) in [5, 5.41) is 2.50. The quantitative estimate of drug-likeness (QED) is 0.376. The molecule has 0 saturated carbocycles. The van der Waals surface area contributed by atoms with Crippen LogP contribution >= 0.6 is 0 Å². The predicted molar refractivity (Wildman–Crippen MR) is 59.4 cm³/mol. The average Bonchev–Trinajstić information content (AvgIpc) is 2.24. The maximum Gasteiger partial charge on any atom is 0.254 e. The van der Waals surface area contributed by atoms with Gasteiger partial charge >= 0.3 is 0 Å². The standard InChI is InChI=1S/C10H13FN4O/c11-8-4-2-1-3-7(8)9(16)14-5-6-15-10(12)13/h1-4H,5-6H2,(H,14,16)(H4,12,13,15). The zero-order valence-corrected chi connectivity index (χ0v) is 8.61. The lowest BCUT2D eigenvalue weighted by Gasteiger charge is -2.04. The lowest BCUT2D eigenvalue weighted by atomic mass is 10.2. The molecule has 16 heavy (non-hydrogen) atoms. The van der Waals surface area contributed by atoms with Crippen LogP contribution in [0.4, 0.5) is 4.39 Å². The molecule has 1 aromatic carbocycles. The molecule has 0 aromatic heterocycles. The fourth-order valence-corrected chi connectivity index (χ4v) is 1.10. The Bertz CT molecular complexity index is 402. The molecule has 0 saturated heterocycles. The summed E-state index contributed by atoms with van der Waals surface area (Å²) in [5.41, 5.74) is 10.2. The van der Waals surface area contributed by atoms with Gasteiger partial charge in [-0.05, 0) is 12.1 Å². The van der Waals surface area contributed by atoms with E-state index in [0.29, 0.717) is 0 Å². The minimum atomic E-state index is -0.554. The van der Waals surface area contributed by atoms with Crippen LogP contribution in [0.3, 0.4) is 0 Å². The van der Waals surface area contributed by atoms with Gasteiger partial charge in [-0.2, -0.15) is 0 Å². The van der Waals surface area contributed by atoms with Gasteiger partial charge in [-0.3, -0.25) is 9.79 Å². The molecular weight excluding hydrogens is 211 g/mol. The monoisotopic (exact) mass is 224 g/mol. The van der Waals surface area contributed by atoms with E-state index < -0.39 is 11.7 Å². The summed E-state index contributed by atoms with van der Waals surface area (Å²) >= 11 is 0. The van der Waals surface area contributed by atoms with Gasteiger partial charge in [0.2, 0.25) is 0 Å². The van der Waals surface area contributed by atoms with Crippen molar-refractivity contribution in [1.29, 1.82) is 0 Å². The largest absolute Gasteiger partial charge is 0.370 e. The van der Waals surface area contributed by atoms with Crippen LogP contribution in [0.2, 0.25) is 0 Å². The van der Waals surface area contributed by atoms with Crippen molar-refractivity contribution in [3.63, 3.8) is 0 Å². The first-order valence-electron chi connectivity index (χ1n) is 4.69. The summed E-state index contributed by atoms with van der Waals surface area (Å²) in [4.78, 5) is 15.1. The predicted octanol–water partition coefficient (Wildman–Crippen LogP) is -0.171. The van der Waals surface area contributed by atoms with Gasteiger partial charge in [0.1, 0.15) is 5.82 Å². The van der Waals surface area contributed by atoms with Crippen molar-refractivity contribution in [1.82, 2.24) is 5.32 Å². The fraction of sp³-hybridized carbons (Fsp3) is 0.200. The van der Waals surface area contributed by atoms with Crippen LogP contribution < -0.4 is 16.8 Å². The molecule has 0 unspecified atom stereocenters. The molecular formula is C10H13FN4O. The van der Waals surface area contributed by atoms with Gasteiger partial charge in [-0.25, -0.2) is 4.39 Å². The Morgan fingerprint density at radius 2 is 2.06 bits per heavy atom. The molecule has 1 amide bonds. The third-order valence-corrected chi connectivity index (χ3v) is 1.81. The van der Waals surface area contributed by atoms with Crippen molar-refractivity contribution in [3.8, 4) is 0 Å². The van der Waals surface area contributed by atoms with Gasteiger partial charge in [0.15, 0.2) is 5.96 Å². The van der Waals surface area contributed by atoms with Gasteiger partial charge in [-0.1, -0.05) is 12.1 Å². The molecule has 5 nitrogen and oxygen atoms in total. The van der Waals surface area contributed by atoms with Gasteiger partial charge < -0.3 is 16.8 Å². The van der Waals surface area contributed by atoms with E-state index in [1.54, 1.807) is 6.07 Å². The Kier molecular flexibility index (Phi) is 4.26. The summed E-state index contributed by atoms with van der Waals surface area (Å²) in [5.74, 6) is -1.08. The normalized spacial score (nSPS) is 9.56. The topological polar surface area (TPSA) is 93.5 Å². The van der Waals surface area contributed by atoms with E-state index in [4.69, 9.17) is 11.5 Å². The number of hydrogen-bond donors (Lipinski definition) is 3. The maximum absolute atomic E-state index is 13.1. The van der Waals surface area contributed by atoms with E-state index in [1.165, 1.54) is 18.2 Å². The number of halogens is 1. The van der Waals surface area contributed by atoms with Crippen molar-refractivity contribution in [2.24, 2.45) is 16.5 Å². The number of nitrogens with one attached hydrogen (secondary N) is 1. The number of hydrogen-bond acceptors (Lipinski definition) is 2. The highest BCUT2D eigenvalue weighted by molar-refractivity contribution is 5.94. The van der Waals surface area contributed by atoms with Crippen LogP contribution in [-0.2, 0) is 0 Å². The van der Waals surface area contributed by atoms with Gasteiger partial charge in [0, 0.05) is 6.54 Å². The molecule has 5 N–H and O–H groups in total. The minimum Gasteiger partial charge on any atom is -0.370 e. The summed E-state index contributed by atoms with van der Waals surface area (Å²) in [6.07, 6.45) is 0. The Labute approximate surface area is 92.3 Å². The van der Waals surface area contributed by atoms with E-state index >= 15 is 0 Å². The SMILES string of the molecule is NC(N)=NCCNC(=O)c1ccccc1F. The Morgan fingerprint density at radius 3 is 2.69 bits per heavy atom. The number of amides is 1. The summed E-state index contributed by atoms with van der Waals surface area (Å²) in [6, 6.07) is 5.75. The second kappa shape index (κ2) is 5.69. The number of nitrogens with two attached hydrogens (primary N) is 2. The Balaban J connectivity index is 2.48. The number of nitrogens with zero attached hydrogens (tertiary/aromatic N) is 1. The summed E-state index contributed by atoms with van der Waals surface area (Å²) in [7, 11) is 0. The number of carbonyl (C=O) groups excluding carboxylic acids is 1.